The summed E-state index contributed by atoms with van der Waals surface area (Å²) in [5.74, 6) is 0. The van der Waals surface area contributed by atoms with Gasteiger partial charge in [0.2, 0.25) is 20.0 Å². The molecule has 156 valence electrons. The fourth-order valence-corrected chi connectivity index (χ4v) is 4.07. The lowest BCUT2D eigenvalue weighted by Gasteiger charge is -2.04. The SMILES string of the molecule is O=S(=O)(/C=C/c1ccc(Cl)cc1)NCCCNS(=O)(=O)/C=C/c1ccc(Cl)cc1. The standard InChI is InChI=1S/C19H20Cl2N2O4S2/c20-18-6-2-16(3-7-18)10-14-28(24,25)22-12-1-13-23-29(26,27)15-11-17-4-8-19(21)9-5-17/h2-11,14-15,22-23H,1,12-13H2/b14-10+,15-11+. The van der Waals surface area contributed by atoms with Gasteiger partial charge in [-0.25, -0.2) is 26.3 Å². The van der Waals surface area contributed by atoms with Crippen LogP contribution in [0.1, 0.15) is 17.5 Å². The van der Waals surface area contributed by atoms with Gasteiger partial charge >= 0.3 is 0 Å². The van der Waals surface area contributed by atoms with E-state index in [1.807, 2.05) is 0 Å². The average Bonchev–Trinajstić information content (AvgIpc) is 2.67. The van der Waals surface area contributed by atoms with E-state index in [1.165, 1.54) is 12.2 Å². The molecule has 0 bridgehead atoms. The molecule has 0 saturated heterocycles. The summed E-state index contributed by atoms with van der Waals surface area (Å²) in [6, 6.07) is 13.4. The van der Waals surface area contributed by atoms with E-state index >= 15 is 0 Å². The Balaban J connectivity index is 1.74. The van der Waals surface area contributed by atoms with Crippen LogP contribution in [0, 0.1) is 0 Å². The first-order valence-corrected chi connectivity index (χ1v) is 12.4. The number of rotatable bonds is 10. The van der Waals surface area contributed by atoms with E-state index in [2.05, 4.69) is 9.44 Å². The molecule has 0 aliphatic carbocycles. The third-order valence-corrected chi connectivity index (χ3v) is 6.29. The van der Waals surface area contributed by atoms with Crippen LogP contribution in [0.3, 0.4) is 0 Å². The molecule has 0 aliphatic rings. The van der Waals surface area contributed by atoms with Crippen molar-refractivity contribution < 1.29 is 16.8 Å². The summed E-state index contributed by atoms with van der Waals surface area (Å²) in [7, 11) is -7.24. The van der Waals surface area contributed by atoms with Gasteiger partial charge in [-0.15, -0.1) is 0 Å². The van der Waals surface area contributed by atoms with E-state index in [4.69, 9.17) is 23.2 Å². The predicted molar refractivity (Wildman–Crippen MR) is 119 cm³/mol. The van der Waals surface area contributed by atoms with Crippen LogP contribution in [0.2, 0.25) is 10.0 Å². The van der Waals surface area contributed by atoms with E-state index < -0.39 is 20.0 Å². The minimum absolute atomic E-state index is 0.0940. The van der Waals surface area contributed by atoms with Crippen molar-refractivity contribution >= 4 is 55.4 Å². The first kappa shape index (κ1) is 23.6. The van der Waals surface area contributed by atoms with Crippen molar-refractivity contribution in [2.24, 2.45) is 0 Å². The number of hydrogen-bond donors (Lipinski definition) is 2. The number of halogens is 2. The number of hydrogen-bond acceptors (Lipinski definition) is 4. The first-order chi connectivity index (χ1) is 13.7. The van der Waals surface area contributed by atoms with Gasteiger partial charge in [0, 0.05) is 34.0 Å². The van der Waals surface area contributed by atoms with Gasteiger partial charge in [0.25, 0.3) is 0 Å². The lowest BCUT2D eigenvalue weighted by Crippen LogP contribution is -2.28. The van der Waals surface area contributed by atoms with Crippen molar-refractivity contribution in [3.8, 4) is 0 Å². The number of benzene rings is 2. The Morgan fingerprint density at radius 2 is 1.00 bits per heavy atom. The highest BCUT2D eigenvalue weighted by Crippen LogP contribution is 2.12. The molecule has 0 aliphatic heterocycles. The van der Waals surface area contributed by atoms with Gasteiger partial charge in [0.15, 0.2) is 0 Å². The lowest BCUT2D eigenvalue weighted by molar-refractivity contribution is 0.582. The second-order valence-corrected chi connectivity index (χ2v) is 10.1. The molecule has 10 heteroatoms. The second kappa shape index (κ2) is 10.9. The fraction of sp³-hybridized carbons (Fsp3) is 0.158. The van der Waals surface area contributed by atoms with Crippen LogP contribution in [0.25, 0.3) is 12.2 Å². The zero-order valence-electron chi connectivity index (χ0n) is 15.3. The molecule has 0 saturated carbocycles. The first-order valence-electron chi connectivity index (χ1n) is 8.52. The Labute approximate surface area is 181 Å². The van der Waals surface area contributed by atoms with Crippen LogP contribution in [0.5, 0.6) is 0 Å². The summed E-state index contributed by atoms with van der Waals surface area (Å²) in [5.41, 5.74) is 1.39. The van der Waals surface area contributed by atoms with Crippen molar-refractivity contribution in [3.63, 3.8) is 0 Å². The van der Waals surface area contributed by atoms with Crippen molar-refractivity contribution in [2.75, 3.05) is 13.1 Å². The molecule has 0 unspecified atom stereocenters. The van der Waals surface area contributed by atoms with Crippen molar-refractivity contribution in [1.82, 2.24) is 9.44 Å². The minimum Gasteiger partial charge on any atom is -0.212 e. The van der Waals surface area contributed by atoms with Gasteiger partial charge in [0.05, 0.1) is 0 Å². The highest BCUT2D eigenvalue weighted by Gasteiger charge is 2.06. The molecule has 0 radical (unpaired) electrons. The topological polar surface area (TPSA) is 92.3 Å². The van der Waals surface area contributed by atoms with Crippen molar-refractivity contribution in [1.29, 1.82) is 0 Å². The molecule has 0 heterocycles. The molecular formula is C19H20Cl2N2O4S2. The minimum atomic E-state index is -3.62. The summed E-state index contributed by atoms with van der Waals surface area (Å²) in [4.78, 5) is 0. The molecule has 6 nitrogen and oxygen atoms in total. The van der Waals surface area contributed by atoms with E-state index in [1.54, 1.807) is 48.5 Å². The Bertz CT molecular complexity index is 977. The normalized spacial score (nSPS) is 12.8. The van der Waals surface area contributed by atoms with Crippen LogP contribution in [0.4, 0.5) is 0 Å². The summed E-state index contributed by atoms with van der Waals surface area (Å²) in [6.45, 7) is 0.188. The third kappa shape index (κ3) is 9.58. The van der Waals surface area contributed by atoms with Crippen molar-refractivity contribution in [3.05, 3.63) is 80.5 Å². The van der Waals surface area contributed by atoms with Gasteiger partial charge in [0.1, 0.15) is 0 Å². The van der Waals surface area contributed by atoms with Gasteiger partial charge in [-0.2, -0.15) is 0 Å². The molecule has 2 rings (SSSR count). The second-order valence-electron chi connectivity index (χ2n) is 5.94. The Kier molecular flexibility index (Phi) is 8.88. The van der Waals surface area contributed by atoms with E-state index in [9.17, 15) is 16.8 Å². The van der Waals surface area contributed by atoms with Gasteiger partial charge in [-0.3, -0.25) is 0 Å². The summed E-state index contributed by atoms with van der Waals surface area (Å²) in [6.07, 6.45) is 3.19. The smallest absolute Gasteiger partial charge is 0.212 e. The lowest BCUT2D eigenvalue weighted by atomic mass is 10.2. The summed E-state index contributed by atoms with van der Waals surface area (Å²) >= 11 is 11.6. The quantitative estimate of drug-likeness (QED) is 0.511. The van der Waals surface area contributed by atoms with Crippen LogP contribution in [-0.4, -0.2) is 29.9 Å². The predicted octanol–water partition coefficient (Wildman–Crippen LogP) is 3.86. The van der Waals surface area contributed by atoms with Crippen LogP contribution in [0.15, 0.2) is 59.3 Å². The maximum Gasteiger partial charge on any atom is 0.233 e. The molecule has 2 aromatic carbocycles. The maximum absolute atomic E-state index is 11.9. The number of nitrogens with one attached hydrogen (secondary N) is 2. The van der Waals surface area contributed by atoms with E-state index in [0.29, 0.717) is 27.6 Å². The van der Waals surface area contributed by atoms with Gasteiger partial charge in [-0.05, 0) is 54.0 Å². The Hall–Kier alpha value is -1.68. The molecule has 0 amide bonds. The van der Waals surface area contributed by atoms with Gasteiger partial charge in [-0.1, -0.05) is 47.5 Å². The summed E-state index contributed by atoms with van der Waals surface area (Å²) in [5, 5.41) is 3.23. The molecule has 0 aromatic heterocycles. The zero-order chi connectivity index (χ0) is 21.3. The Morgan fingerprint density at radius 1 is 0.655 bits per heavy atom. The number of sulfonamides is 2. The summed E-state index contributed by atoms with van der Waals surface area (Å²) < 4.78 is 52.5. The van der Waals surface area contributed by atoms with Crippen LogP contribution < -0.4 is 9.44 Å². The molecule has 2 N–H and O–H groups in total. The molecule has 2 aromatic rings. The highest BCUT2D eigenvalue weighted by atomic mass is 35.5. The van der Waals surface area contributed by atoms with Gasteiger partial charge < -0.3 is 0 Å². The zero-order valence-corrected chi connectivity index (χ0v) is 18.4. The van der Waals surface area contributed by atoms with Crippen LogP contribution in [-0.2, 0) is 20.0 Å². The molecule has 0 atom stereocenters. The highest BCUT2D eigenvalue weighted by molar-refractivity contribution is 7.92. The van der Waals surface area contributed by atoms with Crippen molar-refractivity contribution in [2.45, 2.75) is 6.42 Å². The Morgan fingerprint density at radius 3 is 1.34 bits per heavy atom. The monoisotopic (exact) mass is 474 g/mol. The molecule has 29 heavy (non-hydrogen) atoms. The molecular weight excluding hydrogens is 455 g/mol. The van der Waals surface area contributed by atoms with E-state index in [0.717, 1.165) is 10.8 Å². The maximum atomic E-state index is 11.9. The van der Waals surface area contributed by atoms with E-state index in [-0.39, 0.29) is 13.1 Å². The molecule has 0 fully saturated rings. The largest absolute Gasteiger partial charge is 0.233 e. The average molecular weight is 475 g/mol. The molecule has 0 spiro atoms. The fourth-order valence-electron chi connectivity index (χ4n) is 2.10. The van der Waals surface area contributed by atoms with Crippen LogP contribution >= 0.6 is 23.2 Å². The third-order valence-electron chi connectivity index (χ3n) is 3.58.